The highest BCUT2D eigenvalue weighted by molar-refractivity contribution is 8.00. The predicted molar refractivity (Wildman–Crippen MR) is 139 cm³/mol. The molecule has 4 aromatic carbocycles. The number of hydrogen-bond donors (Lipinski definition) is 1. The van der Waals surface area contributed by atoms with Crippen molar-refractivity contribution in [3.8, 4) is 5.75 Å². The van der Waals surface area contributed by atoms with E-state index < -0.39 is 5.97 Å². The van der Waals surface area contributed by atoms with Crippen LogP contribution in [0.5, 0.6) is 5.75 Å². The number of esters is 1. The first-order valence-corrected chi connectivity index (χ1v) is 12.3. The molecule has 0 saturated heterocycles. The molecule has 0 bridgehead atoms. The van der Waals surface area contributed by atoms with Crippen LogP contribution in [0.25, 0.3) is 5.70 Å². The fraction of sp³-hybridized carbons (Fsp3) is 0.0667. The number of carbonyl (C=O) groups excluding carboxylic acids is 2. The molecule has 35 heavy (non-hydrogen) atoms. The number of aryl methyl sites for hydroxylation is 1. The molecule has 1 aliphatic heterocycles. The van der Waals surface area contributed by atoms with Crippen LogP contribution < -0.4 is 10.1 Å². The van der Waals surface area contributed by atoms with E-state index in [1.807, 2.05) is 79.7 Å². The van der Waals surface area contributed by atoms with E-state index in [0.29, 0.717) is 16.9 Å². The van der Waals surface area contributed by atoms with Crippen LogP contribution in [0, 0.1) is 6.92 Å². The van der Waals surface area contributed by atoms with Gasteiger partial charge in [-0.3, -0.25) is 4.79 Å². The Balaban J connectivity index is 1.41. The molecule has 6 rings (SSSR count). The minimum atomic E-state index is -0.410. The van der Waals surface area contributed by atoms with Gasteiger partial charge in [0.1, 0.15) is 5.75 Å². The average Bonchev–Trinajstić information content (AvgIpc) is 3.04. The molecule has 4 aromatic rings. The Kier molecular flexibility index (Phi) is 5.27. The van der Waals surface area contributed by atoms with Crippen LogP contribution in [0.4, 0.5) is 5.69 Å². The third kappa shape index (κ3) is 3.84. The van der Waals surface area contributed by atoms with Gasteiger partial charge in [0.05, 0.1) is 22.2 Å². The lowest BCUT2D eigenvalue weighted by Crippen LogP contribution is -2.10. The Morgan fingerprint density at radius 2 is 1.60 bits per heavy atom. The van der Waals surface area contributed by atoms with Crippen molar-refractivity contribution in [1.29, 1.82) is 0 Å². The van der Waals surface area contributed by atoms with Gasteiger partial charge in [0, 0.05) is 21.6 Å². The van der Waals surface area contributed by atoms with Crippen molar-refractivity contribution in [1.82, 2.24) is 0 Å². The van der Waals surface area contributed by atoms with E-state index >= 15 is 0 Å². The smallest absolute Gasteiger partial charge is 0.343 e. The van der Waals surface area contributed by atoms with Gasteiger partial charge in [0.25, 0.3) is 0 Å². The van der Waals surface area contributed by atoms with E-state index in [2.05, 4.69) is 11.4 Å². The zero-order valence-corrected chi connectivity index (χ0v) is 19.8. The molecule has 4 nitrogen and oxygen atoms in total. The van der Waals surface area contributed by atoms with Crippen molar-refractivity contribution in [3.63, 3.8) is 0 Å². The summed E-state index contributed by atoms with van der Waals surface area (Å²) < 4.78 is 5.71. The lowest BCUT2D eigenvalue weighted by molar-refractivity contribution is 0.0734. The second-order valence-electron chi connectivity index (χ2n) is 8.61. The minimum absolute atomic E-state index is 0.0236. The number of fused-ring (bicyclic) bond motifs is 3. The van der Waals surface area contributed by atoms with Crippen molar-refractivity contribution in [2.24, 2.45) is 0 Å². The summed E-state index contributed by atoms with van der Waals surface area (Å²) in [5, 5.41) is 3.27. The molecule has 0 saturated carbocycles. The quantitative estimate of drug-likeness (QED) is 0.253. The molecule has 0 amide bonds. The number of hydrogen-bond acceptors (Lipinski definition) is 5. The van der Waals surface area contributed by atoms with Crippen molar-refractivity contribution in [2.45, 2.75) is 17.1 Å². The molecular formula is C30H21NO3S. The Bertz CT molecular complexity index is 1520. The summed E-state index contributed by atoms with van der Waals surface area (Å²) in [6.45, 7) is 1.97. The van der Waals surface area contributed by atoms with Gasteiger partial charge in [0.2, 0.25) is 0 Å². The van der Waals surface area contributed by atoms with E-state index in [1.165, 1.54) is 0 Å². The van der Waals surface area contributed by atoms with E-state index in [1.54, 1.807) is 30.0 Å². The highest BCUT2D eigenvalue weighted by Crippen LogP contribution is 2.52. The summed E-state index contributed by atoms with van der Waals surface area (Å²) in [5.74, 6) is 0.0617. The Labute approximate surface area is 207 Å². The maximum atomic E-state index is 13.6. The summed E-state index contributed by atoms with van der Waals surface area (Å²) in [7, 11) is 0. The van der Waals surface area contributed by atoms with E-state index in [0.717, 1.165) is 38.5 Å². The molecule has 1 atom stereocenters. The van der Waals surface area contributed by atoms with Gasteiger partial charge in [-0.25, -0.2) is 4.79 Å². The highest BCUT2D eigenvalue weighted by atomic mass is 32.2. The monoisotopic (exact) mass is 475 g/mol. The normalized spacial score (nSPS) is 16.0. The number of anilines is 1. The number of thioether (sulfide) groups is 1. The molecule has 0 aromatic heterocycles. The van der Waals surface area contributed by atoms with Gasteiger partial charge < -0.3 is 10.1 Å². The van der Waals surface area contributed by atoms with Gasteiger partial charge in [-0.1, -0.05) is 66.2 Å². The number of carbonyl (C=O) groups is 2. The topological polar surface area (TPSA) is 55.4 Å². The fourth-order valence-corrected chi connectivity index (χ4v) is 5.79. The van der Waals surface area contributed by atoms with Crippen LogP contribution in [0.15, 0.2) is 108 Å². The molecule has 2 aliphatic rings. The molecule has 0 unspecified atom stereocenters. The molecule has 1 N–H and O–H groups in total. The van der Waals surface area contributed by atoms with Gasteiger partial charge in [-0.2, -0.15) is 0 Å². The van der Waals surface area contributed by atoms with Gasteiger partial charge in [-0.05, 0) is 48.9 Å². The van der Waals surface area contributed by atoms with Crippen LogP contribution in [-0.4, -0.2) is 11.8 Å². The van der Waals surface area contributed by atoms with Crippen molar-refractivity contribution in [2.75, 3.05) is 5.32 Å². The maximum absolute atomic E-state index is 13.6. The highest BCUT2D eigenvalue weighted by Gasteiger charge is 2.38. The number of ether oxygens (including phenoxy) is 1. The maximum Gasteiger partial charge on any atom is 0.343 e. The third-order valence-electron chi connectivity index (χ3n) is 6.27. The van der Waals surface area contributed by atoms with E-state index in [9.17, 15) is 9.59 Å². The Hall–Kier alpha value is -4.09. The van der Waals surface area contributed by atoms with Gasteiger partial charge >= 0.3 is 5.97 Å². The SMILES string of the molecule is Cc1ccc(C(=O)Oc2cccc([C@H]3Sc4ccccc4NC4=C3C(=O)c3ccccc34)c2)cc1. The average molecular weight is 476 g/mol. The number of benzene rings is 4. The molecule has 0 spiro atoms. The fourth-order valence-electron chi connectivity index (χ4n) is 4.51. The molecule has 5 heteroatoms. The molecule has 0 fully saturated rings. The number of para-hydroxylation sites is 1. The number of ketones is 1. The predicted octanol–water partition coefficient (Wildman–Crippen LogP) is 7.08. The number of rotatable bonds is 3. The third-order valence-corrected chi connectivity index (χ3v) is 7.62. The van der Waals surface area contributed by atoms with E-state index in [-0.39, 0.29) is 11.0 Å². The van der Waals surface area contributed by atoms with Gasteiger partial charge in [-0.15, -0.1) is 11.8 Å². The standard InChI is InChI=1S/C30H21NO3S/c1-18-13-15-19(16-14-18)30(33)34-21-8-6-7-20(17-21)29-26-27(22-9-2-3-10-23(22)28(26)32)31-24-11-4-5-12-25(24)35-29/h2-17,29,31H,1H3/t29-/m1/s1. The van der Waals surface area contributed by atoms with E-state index in [4.69, 9.17) is 4.74 Å². The first-order valence-electron chi connectivity index (χ1n) is 11.4. The Morgan fingerprint density at radius 3 is 2.43 bits per heavy atom. The molecular weight excluding hydrogens is 454 g/mol. The molecule has 170 valence electrons. The van der Waals surface area contributed by atoms with Crippen LogP contribution >= 0.6 is 11.8 Å². The summed E-state index contributed by atoms with van der Waals surface area (Å²) >= 11 is 1.63. The van der Waals surface area contributed by atoms with Gasteiger partial charge in [0.15, 0.2) is 5.78 Å². The molecule has 1 aliphatic carbocycles. The largest absolute Gasteiger partial charge is 0.423 e. The first-order chi connectivity index (χ1) is 17.1. The van der Waals surface area contributed by atoms with Crippen molar-refractivity contribution < 1.29 is 14.3 Å². The lowest BCUT2D eigenvalue weighted by atomic mass is 10.0. The zero-order chi connectivity index (χ0) is 23.9. The lowest BCUT2D eigenvalue weighted by Gasteiger charge is -2.18. The van der Waals surface area contributed by atoms with Crippen molar-refractivity contribution in [3.05, 3.63) is 130 Å². The zero-order valence-electron chi connectivity index (χ0n) is 18.9. The minimum Gasteiger partial charge on any atom is -0.423 e. The summed E-state index contributed by atoms with van der Waals surface area (Å²) in [4.78, 5) is 27.4. The first kappa shape index (κ1) is 21.4. The summed E-state index contributed by atoms with van der Waals surface area (Å²) in [6.07, 6.45) is 0. The summed E-state index contributed by atoms with van der Waals surface area (Å²) in [6, 6.07) is 30.5. The van der Waals surface area contributed by atoms with Crippen LogP contribution in [0.3, 0.4) is 0 Å². The number of Topliss-reactive ketones (excluding diaryl/α,β-unsaturated/α-hetero) is 1. The van der Waals surface area contributed by atoms with Crippen LogP contribution in [0.2, 0.25) is 0 Å². The second-order valence-corrected chi connectivity index (χ2v) is 9.76. The van der Waals surface area contributed by atoms with Crippen LogP contribution in [-0.2, 0) is 0 Å². The molecule has 0 radical (unpaired) electrons. The van der Waals surface area contributed by atoms with Crippen molar-refractivity contribution >= 4 is 34.9 Å². The second kappa shape index (κ2) is 8.60. The molecule has 1 heterocycles. The summed E-state index contributed by atoms with van der Waals surface area (Å²) in [5.41, 5.74) is 6.62. The number of nitrogens with one attached hydrogen (secondary N) is 1. The Morgan fingerprint density at radius 1 is 0.857 bits per heavy atom. The van der Waals surface area contributed by atoms with Crippen LogP contribution in [0.1, 0.15) is 42.7 Å².